The molecule has 0 amide bonds. The van der Waals surface area contributed by atoms with Crippen LogP contribution in [0.15, 0.2) is 60.0 Å². The van der Waals surface area contributed by atoms with Crippen molar-refractivity contribution in [1.82, 2.24) is 9.47 Å². The summed E-state index contributed by atoms with van der Waals surface area (Å²) in [5.41, 5.74) is 2.96. The van der Waals surface area contributed by atoms with Crippen LogP contribution in [-0.2, 0) is 0 Å². The first-order valence-electron chi connectivity index (χ1n) is 5.98. The molecule has 2 aromatic rings. The lowest BCUT2D eigenvalue weighted by atomic mass is 10.2. The Labute approximate surface area is 117 Å². The van der Waals surface area contributed by atoms with Crippen molar-refractivity contribution >= 4 is 29.3 Å². The molecule has 3 nitrogen and oxygen atoms in total. The second-order valence-corrected chi connectivity index (χ2v) is 5.00. The van der Waals surface area contributed by atoms with Crippen molar-refractivity contribution in [2.45, 2.75) is 0 Å². The zero-order valence-electron chi connectivity index (χ0n) is 10.5. The number of hydrogen-bond donors (Lipinski definition) is 0. The van der Waals surface area contributed by atoms with Crippen LogP contribution in [-0.4, -0.2) is 18.4 Å². The molecule has 1 atom stereocenters. The van der Waals surface area contributed by atoms with Crippen LogP contribution >= 0.6 is 11.6 Å². The average molecular weight is 271 g/mol. The number of nitrogens with zero attached hydrogens (tertiary/aromatic N) is 3. The minimum atomic E-state index is 0.517. The fraction of sp³-hybridized carbons (Fsp3) is 0.0667. The average Bonchev–Trinajstić information content (AvgIpc) is 2.84. The maximum Gasteiger partial charge on any atom is 0.200 e. The Balaban J connectivity index is 2.03. The van der Waals surface area contributed by atoms with Gasteiger partial charge in [0.15, 0.2) is 6.34 Å². The summed E-state index contributed by atoms with van der Waals surface area (Å²) < 4.78 is 0.517. The number of quaternary nitrogens is 1. The SMILES string of the molecule is C[N+]1(c2ccncc2)C=NC(c2ccccc2Cl)=C1. The number of halogens is 1. The monoisotopic (exact) mass is 270 g/mol. The van der Waals surface area contributed by atoms with Crippen LogP contribution in [0.2, 0.25) is 5.02 Å². The molecule has 0 saturated carbocycles. The summed E-state index contributed by atoms with van der Waals surface area (Å²) in [6.07, 6.45) is 7.55. The molecule has 1 aromatic carbocycles. The highest BCUT2D eigenvalue weighted by atomic mass is 35.5. The lowest BCUT2D eigenvalue weighted by molar-refractivity contribution is 0.684. The van der Waals surface area contributed by atoms with Gasteiger partial charge >= 0.3 is 0 Å². The molecule has 0 N–H and O–H groups in total. The molecule has 19 heavy (non-hydrogen) atoms. The fourth-order valence-corrected chi connectivity index (χ4v) is 2.35. The third-order valence-electron chi connectivity index (χ3n) is 3.20. The lowest BCUT2D eigenvalue weighted by Crippen LogP contribution is -2.35. The van der Waals surface area contributed by atoms with Gasteiger partial charge in [0.25, 0.3) is 0 Å². The topological polar surface area (TPSA) is 25.2 Å². The number of benzene rings is 1. The molecule has 0 spiro atoms. The minimum Gasteiger partial charge on any atom is -0.264 e. The molecule has 94 valence electrons. The summed E-state index contributed by atoms with van der Waals surface area (Å²) in [5.74, 6) is 0. The van der Waals surface area contributed by atoms with E-state index in [-0.39, 0.29) is 0 Å². The van der Waals surface area contributed by atoms with Gasteiger partial charge in [0.2, 0.25) is 0 Å². The van der Waals surface area contributed by atoms with Crippen molar-refractivity contribution in [2.75, 3.05) is 7.05 Å². The van der Waals surface area contributed by atoms with Crippen LogP contribution in [0.4, 0.5) is 5.69 Å². The van der Waals surface area contributed by atoms with E-state index in [1.165, 1.54) is 0 Å². The standard InChI is InChI=1S/C15H13ClN3/c1-19(12-6-8-17-9-7-12)10-15(18-11-19)13-4-2-3-5-14(13)16/h2-11H,1H3/q+1. The molecule has 4 heteroatoms. The van der Waals surface area contributed by atoms with Crippen LogP contribution < -0.4 is 4.48 Å². The summed E-state index contributed by atoms with van der Waals surface area (Å²) in [6, 6.07) is 11.7. The molecule has 2 heterocycles. The van der Waals surface area contributed by atoms with Gasteiger partial charge in [-0.25, -0.2) is 4.48 Å². The van der Waals surface area contributed by atoms with Gasteiger partial charge < -0.3 is 0 Å². The third-order valence-corrected chi connectivity index (χ3v) is 3.53. The van der Waals surface area contributed by atoms with E-state index in [4.69, 9.17) is 11.6 Å². The highest BCUT2D eigenvalue weighted by Gasteiger charge is 2.28. The van der Waals surface area contributed by atoms with E-state index in [1.54, 1.807) is 12.4 Å². The van der Waals surface area contributed by atoms with Crippen LogP contribution in [0.3, 0.4) is 0 Å². The molecule has 0 fully saturated rings. The zero-order valence-corrected chi connectivity index (χ0v) is 11.2. The van der Waals surface area contributed by atoms with Gasteiger partial charge in [0.1, 0.15) is 17.6 Å². The highest BCUT2D eigenvalue weighted by molar-refractivity contribution is 6.32. The van der Waals surface area contributed by atoms with Crippen LogP contribution in [0, 0.1) is 0 Å². The van der Waals surface area contributed by atoms with Gasteiger partial charge in [-0.15, -0.1) is 0 Å². The molecule has 1 unspecified atom stereocenters. The van der Waals surface area contributed by atoms with Gasteiger partial charge in [-0.2, -0.15) is 4.99 Å². The molecule has 0 radical (unpaired) electrons. The van der Waals surface area contributed by atoms with Gasteiger partial charge in [-0.1, -0.05) is 29.8 Å². The Morgan fingerprint density at radius 2 is 1.79 bits per heavy atom. The van der Waals surface area contributed by atoms with Gasteiger partial charge in [-0.05, 0) is 6.07 Å². The largest absolute Gasteiger partial charge is 0.264 e. The van der Waals surface area contributed by atoms with E-state index >= 15 is 0 Å². The molecule has 0 aliphatic carbocycles. The Morgan fingerprint density at radius 3 is 2.53 bits per heavy atom. The predicted molar refractivity (Wildman–Crippen MR) is 79.9 cm³/mol. The minimum absolute atomic E-state index is 0.517. The Morgan fingerprint density at radius 1 is 1.05 bits per heavy atom. The maximum absolute atomic E-state index is 6.21. The molecule has 1 aliphatic heterocycles. The summed E-state index contributed by atoms with van der Waals surface area (Å²) in [4.78, 5) is 8.54. The zero-order chi connectivity index (χ0) is 13.3. The fourth-order valence-electron chi connectivity index (χ4n) is 2.12. The van der Waals surface area contributed by atoms with Crippen LogP contribution in [0.25, 0.3) is 5.70 Å². The number of rotatable bonds is 2. The van der Waals surface area contributed by atoms with E-state index in [2.05, 4.69) is 23.2 Å². The van der Waals surface area contributed by atoms with Crippen molar-refractivity contribution in [1.29, 1.82) is 0 Å². The van der Waals surface area contributed by atoms with E-state index < -0.39 is 0 Å². The van der Waals surface area contributed by atoms with E-state index in [1.807, 2.05) is 42.7 Å². The molecule has 1 aliphatic rings. The highest BCUT2D eigenvalue weighted by Crippen LogP contribution is 2.32. The number of aliphatic imine (C=N–C) groups is 1. The lowest BCUT2D eigenvalue weighted by Gasteiger charge is -2.20. The van der Waals surface area contributed by atoms with Crippen molar-refractivity contribution in [3.05, 3.63) is 65.6 Å². The second kappa shape index (κ2) is 4.61. The Bertz CT molecular complexity index is 664. The summed E-state index contributed by atoms with van der Waals surface area (Å²) >= 11 is 6.21. The first kappa shape index (κ1) is 12.1. The number of hydrogen-bond acceptors (Lipinski definition) is 2. The van der Waals surface area contributed by atoms with Gasteiger partial charge in [0.05, 0.1) is 12.1 Å². The maximum atomic E-state index is 6.21. The van der Waals surface area contributed by atoms with Gasteiger partial charge in [-0.3, -0.25) is 4.98 Å². The first-order chi connectivity index (χ1) is 9.19. The summed E-state index contributed by atoms with van der Waals surface area (Å²) in [5, 5.41) is 0.717. The Hall–Kier alpha value is -1.97. The molecule has 0 bridgehead atoms. The molecular weight excluding hydrogens is 258 g/mol. The third kappa shape index (κ3) is 2.18. The summed E-state index contributed by atoms with van der Waals surface area (Å²) in [7, 11) is 2.07. The van der Waals surface area contributed by atoms with E-state index in [9.17, 15) is 0 Å². The normalized spacial score (nSPS) is 21.5. The Kier molecular flexibility index (Phi) is 2.93. The quantitative estimate of drug-likeness (QED) is 0.764. The van der Waals surface area contributed by atoms with Gasteiger partial charge in [0, 0.05) is 30.1 Å². The molecule has 1 aromatic heterocycles. The second-order valence-electron chi connectivity index (χ2n) is 4.59. The number of pyridine rings is 1. The predicted octanol–water partition coefficient (Wildman–Crippen LogP) is 3.71. The van der Waals surface area contributed by atoms with E-state index in [0.717, 1.165) is 16.9 Å². The molecular formula is C15H13ClN3+. The van der Waals surface area contributed by atoms with Crippen molar-refractivity contribution < 1.29 is 0 Å². The van der Waals surface area contributed by atoms with Crippen LogP contribution in [0.5, 0.6) is 0 Å². The smallest absolute Gasteiger partial charge is 0.200 e. The van der Waals surface area contributed by atoms with Crippen molar-refractivity contribution in [3.63, 3.8) is 0 Å². The van der Waals surface area contributed by atoms with E-state index in [0.29, 0.717) is 9.51 Å². The molecule has 0 saturated heterocycles. The van der Waals surface area contributed by atoms with Crippen LogP contribution in [0.1, 0.15) is 5.56 Å². The molecule has 3 rings (SSSR count). The van der Waals surface area contributed by atoms with Crippen molar-refractivity contribution in [3.8, 4) is 0 Å². The first-order valence-corrected chi connectivity index (χ1v) is 6.36. The van der Waals surface area contributed by atoms with Crippen molar-refractivity contribution in [2.24, 2.45) is 4.99 Å². The summed E-state index contributed by atoms with van der Waals surface area (Å²) in [6.45, 7) is 0. The number of aromatic nitrogens is 1.